The lowest BCUT2D eigenvalue weighted by Gasteiger charge is -2.25. The number of methoxy groups -OCH3 is 3. The van der Waals surface area contributed by atoms with E-state index in [0.29, 0.717) is 47.0 Å². The third-order valence-electron chi connectivity index (χ3n) is 7.44. The van der Waals surface area contributed by atoms with Gasteiger partial charge in [0.2, 0.25) is 5.91 Å². The van der Waals surface area contributed by atoms with Gasteiger partial charge in [-0.05, 0) is 91.2 Å². The molecule has 12 heteroatoms. The molecule has 1 aliphatic rings. The van der Waals surface area contributed by atoms with E-state index in [2.05, 4.69) is 5.32 Å². The third kappa shape index (κ3) is 6.54. The van der Waals surface area contributed by atoms with E-state index in [4.69, 9.17) is 25.8 Å². The molecule has 0 saturated carbocycles. The van der Waals surface area contributed by atoms with E-state index in [9.17, 15) is 18.0 Å². The van der Waals surface area contributed by atoms with Gasteiger partial charge in [0.25, 0.3) is 15.9 Å². The van der Waals surface area contributed by atoms with Crippen LogP contribution in [0.5, 0.6) is 17.2 Å². The van der Waals surface area contributed by atoms with Gasteiger partial charge in [0, 0.05) is 23.5 Å². The number of fused-ring (bicyclic) bond motifs is 1. The van der Waals surface area contributed by atoms with E-state index >= 15 is 0 Å². The van der Waals surface area contributed by atoms with Crippen LogP contribution in [0.2, 0.25) is 5.02 Å². The summed E-state index contributed by atoms with van der Waals surface area (Å²) < 4.78 is 45.0. The van der Waals surface area contributed by atoms with Gasteiger partial charge < -0.3 is 24.4 Å². The van der Waals surface area contributed by atoms with E-state index in [1.807, 2.05) is 6.07 Å². The van der Waals surface area contributed by atoms with Crippen LogP contribution in [0, 0.1) is 6.92 Å². The van der Waals surface area contributed by atoms with Crippen LogP contribution in [-0.4, -0.2) is 54.7 Å². The molecular weight excluding hydrogens is 618 g/mol. The molecule has 0 aromatic heterocycles. The number of amides is 2. The number of hydrogen-bond donors (Lipinski definition) is 1. The summed E-state index contributed by atoms with van der Waals surface area (Å²) in [4.78, 5) is 28.4. The lowest BCUT2D eigenvalue weighted by atomic mass is 10.1. The normalized spacial score (nSPS) is 12.3. The smallest absolute Gasteiger partial charge is 0.268 e. The van der Waals surface area contributed by atoms with Crippen molar-refractivity contribution in [1.29, 1.82) is 0 Å². The molecular formula is C33H32ClN3O7S. The van der Waals surface area contributed by atoms with Crippen molar-refractivity contribution in [3.63, 3.8) is 0 Å². The second kappa shape index (κ2) is 13.1. The number of carbonyl (C=O) groups excluding carboxylic acids is 2. The number of halogens is 1. The topological polar surface area (TPSA) is 114 Å². The number of anilines is 3. The number of sulfonamides is 1. The monoisotopic (exact) mass is 649 g/mol. The van der Waals surface area contributed by atoms with E-state index < -0.39 is 22.5 Å². The predicted octanol–water partition coefficient (Wildman–Crippen LogP) is 5.71. The Morgan fingerprint density at radius 2 is 1.60 bits per heavy atom. The molecule has 0 fully saturated rings. The minimum Gasteiger partial charge on any atom is -0.497 e. The van der Waals surface area contributed by atoms with Gasteiger partial charge in [-0.3, -0.25) is 13.9 Å². The summed E-state index contributed by atoms with van der Waals surface area (Å²) in [6.07, 6.45) is 0.661. The molecule has 0 saturated heterocycles. The van der Waals surface area contributed by atoms with Gasteiger partial charge in [0.15, 0.2) is 0 Å². The molecule has 2 amide bonds. The van der Waals surface area contributed by atoms with Gasteiger partial charge in [0.05, 0.1) is 32.0 Å². The molecule has 0 atom stereocenters. The SMILES string of the molecule is COc1ccc(C(=O)N2CCc3ccc(NC(=O)CN(c4ccc(OC)c(Cl)c4)S(=O)(=O)c4cc(C)ccc4OC)cc32)cc1. The summed E-state index contributed by atoms with van der Waals surface area (Å²) >= 11 is 6.36. The van der Waals surface area contributed by atoms with Crippen LogP contribution in [0.4, 0.5) is 17.1 Å². The van der Waals surface area contributed by atoms with Crippen molar-refractivity contribution in [3.8, 4) is 17.2 Å². The molecule has 0 unspecified atom stereocenters. The van der Waals surface area contributed by atoms with Crippen LogP contribution >= 0.6 is 11.6 Å². The Labute approximate surface area is 267 Å². The van der Waals surface area contributed by atoms with E-state index in [1.54, 1.807) is 67.5 Å². The van der Waals surface area contributed by atoms with E-state index in [-0.39, 0.29) is 27.3 Å². The molecule has 1 heterocycles. The van der Waals surface area contributed by atoms with Crippen molar-refractivity contribution in [1.82, 2.24) is 0 Å². The number of aryl methyl sites for hydroxylation is 1. The summed E-state index contributed by atoms with van der Waals surface area (Å²) in [5.41, 5.74) is 3.39. The van der Waals surface area contributed by atoms with E-state index in [0.717, 1.165) is 9.87 Å². The minimum atomic E-state index is -4.32. The van der Waals surface area contributed by atoms with Crippen molar-refractivity contribution >= 4 is 50.5 Å². The molecule has 0 aliphatic carbocycles. The molecule has 234 valence electrons. The molecule has 4 aromatic rings. The van der Waals surface area contributed by atoms with Crippen LogP contribution in [-0.2, 0) is 21.2 Å². The highest BCUT2D eigenvalue weighted by Gasteiger charge is 2.31. The second-order valence-corrected chi connectivity index (χ2v) is 12.5. The fourth-order valence-corrected chi connectivity index (χ4v) is 7.03. The van der Waals surface area contributed by atoms with Gasteiger partial charge in [-0.1, -0.05) is 23.7 Å². The van der Waals surface area contributed by atoms with Crippen molar-refractivity contribution < 1.29 is 32.2 Å². The quantitative estimate of drug-likeness (QED) is 0.234. The number of nitrogens with zero attached hydrogens (tertiary/aromatic N) is 2. The van der Waals surface area contributed by atoms with Crippen molar-refractivity contribution in [2.24, 2.45) is 0 Å². The molecule has 10 nitrogen and oxygen atoms in total. The van der Waals surface area contributed by atoms with Crippen LogP contribution < -0.4 is 28.7 Å². The molecule has 0 radical (unpaired) electrons. The second-order valence-electron chi connectivity index (χ2n) is 10.3. The maximum absolute atomic E-state index is 14.1. The highest BCUT2D eigenvalue weighted by atomic mass is 35.5. The standard InChI is InChI=1S/C33H32ClN3O7S/c1-21-5-13-30(44-4)31(17-21)45(40,41)37(25-10-14-29(43-3)27(34)19-25)20-32(38)35-24-9-6-22-15-16-36(28(22)18-24)33(39)23-7-11-26(42-2)12-8-23/h5-14,17-19H,15-16,20H2,1-4H3,(H,35,38). The first-order chi connectivity index (χ1) is 21.5. The molecule has 45 heavy (non-hydrogen) atoms. The Morgan fingerprint density at radius 1 is 0.889 bits per heavy atom. The number of carbonyl (C=O) groups is 2. The molecule has 4 aromatic carbocycles. The zero-order valence-electron chi connectivity index (χ0n) is 25.2. The molecule has 1 N–H and O–H groups in total. The summed E-state index contributed by atoms with van der Waals surface area (Å²) in [5.74, 6) is 0.337. The highest BCUT2D eigenvalue weighted by molar-refractivity contribution is 7.93. The van der Waals surface area contributed by atoms with Gasteiger partial charge in [0.1, 0.15) is 28.7 Å². The van der Waals surface area contributed by atoms with Gasteiger partial charge in [-0.25, -0.2) is 8.42 Å². The van der Waals surface area contributed by atoms with Crippen molar-refractivity contribution in [2.75, 3.05) is 48.9 Å². The Bertz CT molecular complexity index is 1860. The van der Waals surface area contributed by atoms with Crippen LogP contribution in [0.15, 0.2) is 83.8 Å². The molecule has 5 rings (SSSR count). The van der Waals surface area contributed by atoms with Gasteiger partial charge in [-0.15, -0.1) is 0 Å². The summed E-state index contributed by atoms with van der Waals surface area (Å²) in [5, 5.41) is 2.97. The first-order valence-corrected chi connectivity index (χ1v) is 15.8. The average Bonchev–Trinajstić information content (AvgIpc) is 3.46. The Hall–Kier alpha value is -4.74. The van der Waals surface area contributed by atoms with E-state index in [1.165, 1.54) is 38.5 Å². The molecule has 0 bridgehead atoms. The fourth-order valence-electron chi connectivity index (χ4n) is 5.12. The fraction of sp³-hybridized carbons (Fsp3) is 0.212. The zero-order valence-corrected chi connectivity index (χ0v) is 26.7. The maximum Gasteiger partial charge on any atom is 0.268 e. The number of hydrogen-bond acceptors (Lipinski definition) is 7. The average molecular weight is 650 g/mol. The minimum absolute atomic E-state index is 0.102. The largest absolute Gasteiger partial charge is 0.497 e. The number of rotatable bonds is 10. The maximum atomic E-state index is 14.1. The Balaban J connectivity index is 1.44. The number of ether oxygens (including phenoxy) is 3. The molecule has 0 spiro atoms. The van der Waals surface area contributed by atoms with Crippen molar-refractivity contribution in [3.05, 3.63) is 101 Å². The highest BCUT2D eigenvalue weighted by Crippen LogP contribution is 2.36. The van der Waals surface area contributed by atoms with Crippen molar-refractivity contribution in [2.45, 2.75) is 18.2 Å². The Kier molecular flexibility index (Phi) is 9.21. The van der Waals surface area contributed by atoms with Crippen LogP contribution in [0.25, 0.3) is 0 Å². The number of benzene rings is 4. The first kappa shape index (κ1) is 31.7. The van der Waals surface area contributed by atoms with Crippen LogP contribution in [0.3, 0.4) is 0 Å². The first-order valence-electron chi connectivity index (χ1n) is 14.0. The zero-order chi connectivity index (χ0) is 32.3. The summed E-state index contributed by atoms with van der Waals surface area (Å²) in [6, 6.07) is 21.4. The van der Waals surface area contributed by atoms with Gasteiger partial charge >= 0.3 is 0 Å². The lowest BCUT2D eigenvalue weighted by molar-refractivity contribution is -0.114. The van der Waals surface area contributed by atoms with Gasteiger partial charge in [-0.2, -0.15) is 0 Å². The van der Waals surface area contributed by atoms with Crippen LogP contribution in [0.1, 0.15) is 21.5 Å². The predicted molar refractivity (Wildman–Crippen MR) is 174 cm³/mol. The third-order valence-corrected chi connectivity index (χ3v) is 9.53. The Morgan fingerprint density at radius 3 is 2.27 bits per heavy atom. The summed E-state index contributed by atoms with van der Waals surface area (Å²) in [7, 11) is 0.0607. The lowest BCUT2D eigenvalue weighted by Crippen LogP contribution is -2.38. The summed E-state index contributed by atoms with van der Waals surface area (Å²) in [6.45, 7) is 1.67. The molecule has 1 aliphatic heterocycles. The number of nitrogens with one attached hydrogen (secondary N) is 1.